The van der Waals surface area contributed by atoms with Crippen molar-refractivity contribution in [3.63, 3.8) is 0 Å². The molecule has 1 rings (SSSR count). The first-order valence-corrected chi connectivity index (χ1v) is 8.59. The highest BCUT2D eigenvalue weighted by molar-refractivity contribution is 5.67. The van der Waals surface area contributed by atoms with Gasteiger partial charge in [0.05, 0.1) is 19.9 Å². The van der Waals surface area contributed by atoms with Crippen LogP contribution in [0.5, 0.6) is 11.6 Å². The van der Waals surface area contributed by atoms with Gasteiger partial charge in [0.2, 0.25) is 5.88 Å². The normalized spacial score (nSPS) is 11.9. The molecule has 1 heterocycles. The van der Waals surface area contributed by atoms with Crippen LogP contribution in [0.2, 0.25) is 0 Å². The monoisotopic (exact) mass is 392 g/mol. The van der Waals surface area contributed by atoms with Crippen LogP contribution in [-0.2, 0) is 17.6 Å². The molecule has 0 fully saturated rings. The molecular formula is C18H27F3N2O4. The Labute approximate surface area is 157 Å². The third kappa shape index (κ3) is 8.83. The van der Waals surface area contributed by atoms with Gasteiger partial charge < -0.3 is 19.5 Å². The van der Waals surface area contributed by atoms with Crippen LogP contribution in [0, 0.1) is 0 Å². The van der Waals surface area contributed by atoms with Gasteiger partial charge in [0.1, 0.15) is 11.4 Å². The molecule has 1 aromatic rings. The number of carbonyl (C=O) groups is 1. The molecule has 0 aliphatic carbocycles. The maximum atomic E-state index is 12.3. The summed E-state index contributed by atoms with van der Waals surface area (Å²) in [5, 5.41) is 2.62. The molecule has 0 aliphatic heterocycles. The second kappa shape index (κ2) is 9.66. The molecule has 0 aliphatic rings. The van der Waals surface area contributed by atoms with Crippen LogP contribution in [0.15, 0.2) is 6.07 Å². The van der Waals surface area contributed by atoms with Gasteiger partial charge in [-0.05, 0) is 39.7 Å². The quantitative estimate of drug-likeness (QED) is 0.723. The van der Waals surface area contributed by atoms with E-state index in [1.165, 1.54) is 14.2 Å². The molecule has 0 radical (unpaired) electrons. The number of rotatable bonds is 8. The number of hydrogen-bond acceptors (Lipinski definition) is 5. The van der Waals surface area contributed by atoms with Crippen LogP contribution in [0.3, 0.4) is 0 Å². The molecule has 0 unspecified atom stereocenters. The first-order chi connectivity index (χ1) is 12.4. The number of alkyl halides is 3. The predicted octanol–water partition coefficient (Wildman–Crippen LogP) is 4.05. The Hall–Kier alpha value is -2.19. The molecule has 154 valence electrons. The van der Waals surface area contributed by atoms with Gasteiger partial charge in [-0.3, -0.25) is 0 Å². The maximum Gasteiger partial charge on any atom is 0.407 e. The topological polar surface area (TPSA) is 69.7 Å². The van der Waals surface area contributed by atoms with Crippen molar-refractivity contribution in [1.29, 1.82) is 0 Å². The third-order valence-corrected chi connectivity index (χ3v) is 3.45. The number of aryl methyl sites for hydroxylation is 1. The Balaban J connectivity index is 2.76. The van der Waals surface area contributed by atoms with Gasteiger partial charge in [-0.25, -0.2) is 9.78 Å². The zero-order valence-corrected chi connectivity index (χ0v) is 16.3. The second-order valence-corrected chi connectivity index (χ2v) is 6.95. The third-order valence-electron chi connectivity index (χ3n) is 3.45. The largest absolute Gasteiger partial charge is 0.495 e. The lowest BCUT2D eigenvalue weighted by Gasteiger charge is -2.20. The highest BCUT2D eigenvalue weighted by Crippen LogP contribution is 2.29. The van der Waals surface area contributed by atoms with E-state index < -0.39 is 24.3 Å². The van der Waals surface area contributed by atoms with Crippen molar-refractivity contribution in [3.8, 4) is 11.6 Å². The van der Waals surface area contributed by atoms with Crippen molar-refractivity contribution in [2.75, 3.05) is 20.8 Å². The van der Waals surface area contributed by atoms with Crippen molar-refractivity contribution >= 4 is 6.09 Å². The van der Waals surface area contributed by atoms with Crippen LogP contribution in [0.25, 0.3) is 0 Å². The summed E-state index contributed by atoms with van der Waals surface area (Å²) >= 11 is 0. The van der Waals surface area contributed by atoms with Gasteiger partial charge in [-0.15, -0.1) is 0 Å². The summed E-state index contributed by atoms with van der Waals surface area (Å²) in [7, 11) is 2.86. The lowest BCUT2D eigenvalue weighted by Crippen LogP contribution is -2.33. The molecule has 0 saturated carbocycles. The van der Waals surface area contributed by atoms with E-state index in [2.05, 4.69) is 10.3 Å². The van der Waals surface area contributed by atoms with E-state index in [0.717, 1.165) is 0 Å². The van der Waals surface area contributed by atoms with Gasteiger partial charge in [-0.1, -0.05) is 0 Å². The molecule has 0 saturated heterocycles. The predicted molar refractivity (Wildman–Crippen MR) is 94.3 cm³/mol. The summed E-state index contributed by atoms with van der Waals surface area (Å²) in [6.45, 7) is 5.55. The second-order valence-electron chi connectivity index (χ2n) is 6.95. The lowest BCUT2D eigenvalue weighted by molar-refractivity contribution is -0.135. The zero-order chi connectivity index (χ0) is 20.7. The summed E-state index contributed by atoms with van der Waals surface area (Å²) in [4.78, 5) is 16.0. The molecule has 27 heavy (non-hydrogen) atoms. The SMILES string of the molecule is COc1cc(CCCC(F)(F)F)c(OC)nc1CCNC(=O)OC(C)(C)C. The Morgan fingerprint density at radius 3 is 2.33 bits per heavy atom. The van der Waals surface area contributed by atoms with E-state index in [0.29, 0.717) is 23.4 Å². The number of nitrogens with one attached hydrogen (secondary N) is 1. The average Bonchev–Trinajstić information content (AvgIpc) is 2.52. The summed E-state index contributed by atoms with van der Waals surface area (Å²) in [6, 6.07) is 1.63. The van der Waals surface area contributed by atoms with E-state index >= 15 is 0 Å². The Morgan fingerprint density at radius 2 is 1.81 bits per heavy atom. The minimum absolute atomic E-state index is 0.0652. The lowest BCUT2D eigenvalue weighted by atomic mass is 10.1. The number of pyridine rings is 1. The summed E-state index contributed by atoms with van der Waals surface area (Å²) in [6.07, 6.45) is -5.16. The number of ether oxygens (including phenoxy) is 3. The number of hydrogen-bond donors (Lipinski definition) is 1. The highest BCUT2D eigenvalue weighted by atomic mass is 19.4. The Morgan fingerprint density at radius 1 is 1.15 bits per heavy atom. The summed E-state index contributed by atoms with van der Waals surface area (Å²) in [5.41, 5.74) is 0.480. The van der Waals surface area contributed by atoms with Crippen LogP contribution in [-0.4, -0.2) is 43.6 Å². The number of nitrogens with zero attached hydrogens (tertiary/aromatic N) is 1. The fourth-order valence-electron chi connectivity index (χ4n) is 2.34. The van der Waals surface area contributed by atoms with Gasteiger partial charge in [0, 0.05) is 24.9 Å². The standard InChI is InChI=1S/C18H27F3N2O4/c1-17(2,3)27-16(24)22-10-8-13-14(25-4)11-12(15(23-13)26-5)7-6-9-18(19,20)21/h11H,6-10H2,1-5H3,(H,22,24). The maximum absolute atomic E-state index is 12.3. The van der Waals surface area contributed by atoms with E-state index in [-0.39, 0.29) is 25.3 Å². The summed E-state index contributed by atoms with van der Waals surface area (Å²) < 4.78 is 52.7. The first kappa shape index (κ1) is 22.9. The number of amides is 1. The Kier molecular flexibility index (Phi) is 8.18. The molecule has 1 N–H and O–H groups in total. The minimum Gasteiger partial charge on any atom is -0.495 e. The van der Waals surface area contributed by atoms with E-state index in [9.17, 15) is 18.0 Å². The van der Waals surface area contributed by atoms with Crippen molar-refractivity contribution in [2.45, 2.75) is 58.2 Å². The van der Waals surface area contributed by atoms with E-state index in [1.807, 2.05) is 0 Å². The smallest absolute Gasteiger partial charge is 0.407 e. The van der Waals surface area contributed by atoms with Gasteiger partial charge in [0.15, 0.2) is 0 Å². The summed E-state index contributed by atoms with van der Waals surface area (Å²) in [5.74, 6) is 0.689. The molecule has 0 bridgehead atoms. The number of halogens is 3. The van der Waals surface area contributed by atoms with Crippen LogP contribution in [0.1, 0.15) is 44.9 Å². The van der Waals surface area contributed by atoms with Crippen LogP contribution in [0.4, 0.5) is 18.0 Å². The average molecular weight is 392 g/mol. The molecule has 0 atom stereocenters. The minimum atomic E-state index is -4.20. The van der Waals surface area contributed by atoms with E-state index in [1.54, 1.807) is 26.8 Å². The molecule has 0 spiro atoms. The van der Waals surface area contributed by atoms with Crippen LogP contribution >= 0.6 is 0 Å². The van der Waals surface area contributed by atoms with Crippen LogP contribution < -0.4 is 14.8 Å². The van der Waals surface area contributed by atoms with Gasteiger partial charge in [-0.2, -0.15) is 13.2 Å². The number of methoxy groups -OCH3 is 2. The highest BCUT2D eigenvalue weighted by Gasteiger charge is 2.26. The molecule has 9 heteroatoms. The van der Waals surface area contributed by atoms with Crippen molar-refractivity contribution < 1.29 is 32.2 Å². The fraction of sp³-hybridized carbons (Fsp3) is 0.667. The molecular weight excluding hydrogens is 365 g/mol. The van der Waals surface area contributed by atoms with Gasteiger partial charge in [0.25, 0.3) is 0 Å². The molecule has 0 aromatic carbocycles. The van der Waals surface area contributed by atoms with Gasteiger partial charge >= 0.3 is 12.3 Å². The number of carbonyl (C=O) groups excluding carboxylic acids is 1. The molecule has 6 nitrogen and oxygen atoms in total. The van der Waals surface area contributed by atoms with Crippen molar-refractivity contribution in [1.82, 2.24) is 10.3 Å². The first-order valence-electron chi connectivity index (χ1n) is 8.59. The number of aromatic nitrogens is 1. The molecule has 1 amide bonds. The van der Waals surface area contributed by atoms with Crippen molar-refractivity contribution in [3.05, 3.63) is 17.3 Å². The fourth-order valence-corrected chi connectivity index (χ4v) is 2.34. The van der Waals surface area contributed by atoms with Crippen molar-refractivity contribution in [2.24, 2.45) is 0 Å². The Bertz CT molecular complexity index is 628. The molecule has 1 aromatic heterocycles. The number of alkyl carbamates (subject to hydrolysis) is 1. The zero-order valence-electron chi connectivity index (χ0n) is 16.3. The van der Waals surface area contributed by atoms with E-state index in [4.69, 9.17) is 14.2 Å².